The van der Waals surface area contributed by atoms with E-state index in [-0.39, 0.29) is 0 Å². The molecule has 1 saturated heterocycles. The van der Waals surface area contributed by atoms with Crippen LogP contribution in [0.4, 0.5) is 23.0 Å². The van der Waals surface area contributed by atoms with Crippen LogP contribution in [0.15, 0.2) is 67.0 Å². The Labute approximate surface area is 218 Å². The van der Waals surface area contributed by atoms with E-state index in [1.165, 1.54) is 16.2 Å². The van der Waals surface area contributed by atoms with Gasteiger partial charge in [-0.3, -0.25) is 4.31 Å². The van der Waals surface area contributed by atoms with Gasteiger partial charge in [0.05, 0.1) is 18.5 Å². The highest BCUT2D eigenvalue weighted by Crippen LogP contribution is 2.26. The second kappa shape index (κ2) is 10.4. The summed E-state index contributed by atoms with van der Waals surface area (Å²) in [5, 5.41) is 7.61. The summed E-state index contributed by atoms with van der Waals surface area (Å²) < 4.78 is 27.6. The van der Waals surface area contributed by atoms with Crippen LogP contribution in [0.1, 0.15) is 18.4 Å². The SMILES string of the molecule is CNC1CCN(c2ccc(Nc3ncc4ccn(Cc5ccccc5N(C)S(C)(=O)=O)c4n3)cc2)CC1. The van der Waals surface area contributed by atoms with Gasteiger partial charge in [0.2, 0.25) is 16.0 Å². The zero-order valence-electron chi connectivity index (χ0n) is 21.4. The predicted octanol–water partition coefficient (Wildman–Crippen LogP) is 3.81. The van der Waals surface area contributed by atoms with Crippen molar-refractivity contribution in [3.05, 3.63) is 72.6 Å². The van der Waals surface area contributed by atoms with Crippen LogP contribution in [0.5, 0.6) is 0 Å². The van der Waals surface area contributed by atoms with E-state index in [2.05, 4.69) is 44.8 Å². The molecule has 9 nitrogen and oxygen atoms in total. The maximum absolute atomic E-state index is 12.1. The smallest absolute Gasteiger partial charge is 0.232 e. The molecule has 0 atom stereocenters. The Morgan fingerprint density at radius 1 is 1.05 bits per heavy atom. The van der Waals surface area contributed by atoms with Gasteiger partial charge < -0.3 is 20.1 Å². The summed E-state index contributed by atoms with van der Waals surface area (Å²) in [5.41, 5.74) is 4.46. The normalized spacial score (nSPS) is 14.7. The molecule has 0 bridgehead atoms. The molecule has 0 saturated carbocycles. The number of hydrogen-bond acceptors (Lipinski definition) is 7. The lowest BCUT2D eigenvalue weighted by Crippen LogP contribution is -2.41. The Balaban J connectivity index is 1.33. The van der Waals surface area contributed by atoms with E-state index in [9.17, 15) is 8.42 Å². The van der Waals surface area contributed by atoms with Gasteiger partial charge in [-0.15, -0.1) is 0 Å². The molecular formula is C27H33N7O2S. The van der Waals surface area contributed by atoms with Crippen molar-refractivity contribution < 1.29 is 8.42 Å². The third kappa shape index (κ3) is 5.55. The van der Waals surface area contributed by atoms with E-state index in [0.717, 1.165) is 48.2 Å². The lowest BCUT2D eigenvalue weighted by Gasteiger charge is -2.33. The molecule has 0 aliphatic carbocycles. The summed E-state index contributed by atoms with van der Waals surface area (Å²) in [4.78, 5) is 11.7. The monoisotopic (exact) mass is 519 g/mol. The number of para-hydroxylation sites is 1. The summed E-state index contributed by atoms with van der Waals surface area (Å²) in [7, 11) is 0.234. The van der Waals surface area contributed by atoms with E-state index in [4.69, 9.17) is 4.98 Å². The Hall–Kier alpha value is -3.63. The van der Waals surface area contributed by atoms with E-state index in [1.807, 2.05) is 48.1 Å². The molecule has 2 N–H and O–H groups in total. The van der Waals surface area contributed by atoms with Crippen LogP contribution < -0.4 is 19.8 Å². The number of aromatic nitrogens is 3. The fourth-order valence-electron chi connectivity index (χ4n) is 4.78. The lowest BCUT2D eigenvalue weighted by molar-refractivity contribution is 0.442. The highest BCUT2D eigenvalue weighted by atomic mass is 32.2. The van der Waals surface area contributed by atoms with Gasteiger partial charge in [-0.1, -0.05) is 18.2 Å². The molecule has 10 heteroatoms. The van der Waals surface area contributed by atoms with Crippen molar-refractivity contribution in [2.75, 3.05) is 48.0 Å². The van der Waals surface area contributed by atoms with Crippen LogP contribution >= 0.6 is 0 Å². The number of rotatable bonds is 8. The first-order valence-corrected chi connectivity index (χ1v) is 14.3. The van der Waals surface area contributed by atoms with Gasteiger partial charge in [0.25, 0.3) is 0 Å². The Kier molecular flexibility index (Phi) is 7.03. The molecule has 4 aromatic rings. The maximum Gasteiger partial charge on any atom is 0.232 e. The number of nitrogens with one attached hydrogen (secondary N) is 2. The minimum atomic E-state index is -3.37. The van der Waals surface area contributed by atoms with Gasteiger partial charge in [0.15, 0.2) is 0 Å². The Bertz CT molecular complexity index is 1480. The van der Waals surface area contributed by atoms with Crippen molar-refractivity contribution >= 4 is 44.1 Å². The van der Waals surface area contributed by atoms with Crippen LogP contribution in [0.2, 0.25) is 0 Å². The fraction of sp³-hybridized carbons (Fsp3) is 0.333. The number of fused-ring (bicyclic) bond motifs is 1. The standard InChI is InChI=1S/C27H33N7O2S/c1-28-22-13-16-33(17-14-22)24-10-8-23(9-11-24)30-27-29-18-20-12-15-34(26(20)31-27)19-21-6-4-5-7-25(21)32(2)37(3,35)36/h4-12,15,18,22,28H,13-14,16-17,19H2,1-3H3,(H,29,30,31). The summed E-state index contributed by atoms with van der Waals surface area (Å²) in [5.74, 6) is 0.511. The Morgan fingerprint density at radius 2 is 1.78 bits per heavy atom. The van der Waals surface area contributed by atoms with Gasteiger partial charge >= 0.3 is 0 Å². The van der Waals surface area contributed by atoms with Crippen molar-refractivity contribution in [1.82, 2.24) is 19.9 Å². The quantitative estimate of drug-likeness (QED) is 0.366. The second-order valence-corrected chi connectivity index (χ2v) is 11.5. The average Bonchev–Trinajstić information content (AvgIpc) is 3.30. The zero-order valence-corrected chi connectivity index (χ0v) is 22.2. The molecule has 2 aromatic heterocycles. The molecule has 0 spiro atoms. The van der Waals surface area contributed by atoms with Gasteiger partial charge in [-0.2, -0.15) is 4.98 Å². The molecule has 0 radical (unpaired) electrons. The number of piperidine rings is 1. The molecule has 0 unspecified atom stereocenters. The molecule has 1 aliphatic heterocycles. The van der Waals surface area contributed by atoms with E-state index in [1.54, 1.807) is 13.2 Å². The van der Waals surface area contributed by atoms with E-state index in [0.29, 0.717) is 24.2 Å². The first-order valence-electron chi connectivity index (χ1n) is 12.4. The molecule has 37 heavy (non-hydrogen) atoms. The average molecular weight is 520 g/mol. The molecule has 194 valence electrons. The lowest BCUT2D eigenvalue weighted by atomic mass is 10.0. The molecule has 2 aromatic carbocycles. The van der Waals surface area contributed by atoms with Crippen LogP contribution in [0.3, 0.4) is 0 Å². The van der Waals surface area contributed by atoms with E-state index >= 15 is 0 Å². The van der Waals surface area contributed by atoms with Crippen LogP contribution in [-0.2, 0) is 16.6 Å². The van der Waals surface area contributed by atoms with Gasteiger partial charge in [-0.25, -0.2) is 13.4 Å². The van der Waals surface area contributed by atoms with Crippen LogP contribution in [0.25, 0.3) is 11.0 Å². The molecule has 1 fully saturated rings. The summed E-state index contributed by atoms with van der Waals surface area (Å²) in [6.45, 7) is 2.59. The number of nitrogens with zero attached hydrogens (tertiary/aromatic N) is 5. The van der Waals surface area contributed by atoms with Crippen LogP contribution in [-0.4, -0.2) is 62.4 Å². The van der Waals surface area contributed by atoms with Gasteiger partial charge in [0.1, 0.15) is 5.65 Å². The van der Waals surface area contributed by atoms with Crippen molar-refractivity contribution in [3.8, 4) is 0 Å². The highest BCUT2D eigenvalue weighted by Gasteiger charge is 2.18. The topological polar surface area (TPSA) is 95.4 Å². The van der Waals surface area contributed by atoms with Crippen molar-refractivity contribution in [3.63, 3.8) is 0 Å². The first-order chi connectivity index (χ1) is 17.8. The first kappa shape index (κ1) is 25.0. The predicted molar refractivity (Wildman–Crippen MR) is 150 cm³/mol. The minimum Gasteiger partial charge on any atom is -0.371 e. The summed E-state index contributed by atoms with van der Waals surface area (Å²) in [6.07, 6.45) is 7.26. The zero-order chi connectivity index (χ0) is 26.0. The fourth-order valence-corrected chi connectivity index (χ4v) is 5.32. The summed E-state index contributed by atoms with van der Waals surface area (Å²) >= 11 is 0. The number of sulfonamides is 1. The summed E-state index contributed by atoms with van der Waals surface area (Å²) in [6, 6.07) is 18.5. The third-order valence-corrected chi connectivity index (χ3v) is 8.25. The van der Waals surface area contributed by atoms with Gasteiger partial charge in [-0.05, 0) is 61.9 Å². The minimum absolute atomic E-state index is 0.481. The molecule has 5 rings (SSSR count). The third-order valence-electron chi connectivity index (χ3n) is 7.06. The van der Waals surface area contributed by atoms with E-state index < -0.39 is 10.0 Å². The number of anilines is 4. The molecule has 1 aliphatic rings. The number of benzene rings is 2. The largest absolute Gasteiger partial charge is 0.371 e. The second-order valence-electron chi connectivity index (χ2n) is 9.50. The van der Waals surface area contributed by atoms with Crippen molar-refractivity contribution in [2.24, 2.45) is 0 Å². The number of hydrogen-bond donors (Lipinski definition) is 2. The Morgan fingerprint density at radius 3 is 2.49 bits per heavy atom. The van der Waals surface area contributed by atoms with Gasteiger partial charge in [0, 0.05) is 55.3 Å². The maximum atomic E-state index is 12.1. The van der Waals surface area contributed by atoms with Crippen LogP contribution in [0, 0.1) is 0 Å². The highest BCUT2D eigenvalue weighted by molar-refractivity contribution is 7.92. The van der Waals surface area contributed by atoms with Crippen molar-refractivity contribution in [2.45, 2.75) is 25.4 Å². The molecular weight excluding hydrogens is 486 g/mol. The molecule has 3 heterocycles. The van der Waals surface area contributed by atoms with Crippen molar-refractivity contribution in [1.29, 1.82) is 0 Å². The molecule has 0 amide bonds.